The molecule has 74 valence electrons. The molecule has 0 atom stereocenters. The third-order valence-electron chi connectivity index (χ3n) is 2.45. The van der Waals surface area contributed by atoms with E-state index < -0.39 is 0 Å². The van der Waals surface area contributed by atoms with Crippen molar-refractivity contribution >= 4 is 11.5 Å². The van der Waals surface area contributed by atoms with Crippen molar-refractivity contribution in [3.8, 4) is 5.75 Å². The van der Waals surface area contributed by atoms with Gasteiger partial charge in [-0.1, -0.05) is 12.1 Å². The molecule has 3 nitrogen and oxygen atoms in total. The number of carbonyl (C=O) groups is 1. The summed E-state index contributed by atoms with van der Waals surface area (Å²) in [6.07, 6.45) is 0.651. The molecule has 1 saturated heterocycles. The minimum atomic E-state index is 0.302. The third-order valence-corrected chi connectivity index (χ3v) is 2.45. The second kappa shape index (κ2) is 3.70. The lowest BCUT2D eigenvalue weighted by Gasteiger charge is -2.19. The van der Waals surface area contributed by atoms with Crippen molar-refractivity contribution < 1.29 is 9.53 Å². The average Bonchev–Trinajstić information content (AvgIpc) is 2.65. The van der Waals surface area contributed by atoms with Crippen molar-refractivity contribution in [2.75, 3.05) is 25.1 Å². The molecule has 3 heteroatoms. The van der Waals surface area contributed by atoms with Gasteiger partial charge in [0.25, 0.3) is 0 Å². The minimum absolute atomic E-state index is 0.302. The lowest BCUT2D eigenvalue weighted by atomic mass is 10.2. The summed E-state index contributed by atoms with van der Waals surface area (Å²) in [7, 11) is 1.65. The SMILES string of the molecule is COc1ccccc1N1CCC(=O)C1. The molecule has 1 aliphatic rings. The first-order valence-electron chi connectivity index (χ1n) is 4.71. The van der Waals surface area contributed by atoms with E-state index in [0.29, 0.717) is 18.7 Å². The Morgan fingerprint density at radius 2 is 2.14 bits per heavy atom. The molecule has 0 aromatic heterocycles. The van der Waals surface area contributed by atoms with Gasteiger partial charge in [-0.25, -0.2) is 0 Å². The zero-order valence-electron chi connectivity index (χ0n) is 8.19. The van der Waals surface area contributed by atoms with Crippen LogP contribution in [0.15, 0.2) is 24.3 Å². The minimum Gasteiger partial charge on any atom is -0.495 e. The maximum Gasteiger partial charge on any atom is 0.153 e. The molecule has 0 radical (unpaired) electrons. The molecule has 1 aliphatic heterocycles. The van der Waals surface area contributed by atoms with Crippen LogP contribution in [0.2, 0.25) is 0 Å². The number of anilines is 1. The van der Waals surface area contributed by atoms with Crippen LogP contribution in [0.4, 0.5) is 5.69 Å². The summed E-state index contributed by atoms with van der Waals surface area (Å²) in [5, 5.41) is 0. The van der Waals surface area contributed by atoms with Gasteiger partial charge in [0.2, 0.25) is 0 Å². The summed E-state index contributed by atoms with van der Waals surface area (Å²) in [6.45, 7) is 1.32. The van der Waals surface area contributed by atoms with E-state index in [2.05, 4.69) is 4.90 Å². The van der Waals surface area contributed by atoms with Crippen LogP contribution in [-0.4, -0.2) is 26.0 Å². The molecular weight excluding hydrogens is 178 g/mol. The van der Waals surface area contributed by atoms with Crippen molar-refractivity contribution in [1.82, 2.24) is 0 Å². The van der Waals surface area contributed by atoms with Crippen molar-refractivity contribution in [3.63, 3.8) is 0 Å². The lowest BCUT2D eigenvalue weighted by Crippen LogP contribution is -2.20. The van der Waals surface area contributed by atoms with Gasteiger partial charge in [0, 0.05) is 13.0 Å². The first-order chi connectivity index (χ1) is 6.81. The molecule has 0 amide bonds. The van der Waals surface area contributed by atoms with Crippen molar-refractivity contribution in [1.29, 1.82) is 0 Å². The summed E-state index contributed by atoms with van der Waals surface area (Å²) >= 11 is 0. The highest BCUT2D eigenvalue weighted by molar-refractivity contribution is 5.87. The fraction of sp³-hybridized carbons (Fsp3) is 0.364. The van der Waals surface area contributed by atoms with E-state index in [1.54, 1.807) is 7.11 Å². The molecule has 1 aromatic rings. The fourth-order valence-electron chi connectivity index (χ4n) is 1.73. The van der Waals surface area contributed by atoms with Crippen molar-refractivity contribution in [2.45, 2.75) is 6.42 Å². The van der Waals surface area contributed by atoms with Crippen LogP contribution in [0, 0.1) is 0 Å². The van der Waals surface area contributed by atoms with Crippen LogP contribution in [0.5, 0.6) is 5.75 Å². The Balaban J connectivity index is 2.27. The lowest BCUT2D eigenvalue weighted by molar-refractivity contribution is -0.116. The first-order valence-corrected chi connectivity index (χ1v) is 4.71. The number of ether oxygens (including phenoxy) is 1. The molecule has 1 aromatic carbocycles. The van der Waals surface area contributed by atoms with Crippen LogP contribution in [0.1, 0.15) is 6.42 Å². The number of hydrogen-bond donors (Lipinski definition) is 0. The zero-order chi connectivity index (χ0) is 9.97. The molecule has 0 spiro atoms. The number of rotatable bonds is 2. The van der Waals surface area contributed by atoms with E-state index in [4.69, 9.17) is 4.74 Å². The molecule has 2 rings (SSSR count). The molecule has 0 bridgehead atoms. The second-order valence-corrected chi connectivity index (χ2v) is 3.38. The maximum absolute atomic E-state index is 11.1. The van der Waals surface area contributed by atoms with Gasteiger partial charge in [0.1, 0.15) is 5.75 Å². The van der Waals surface area contributed by atoms with Crippen LogP contribution < -0.4 is 9.64 Å². The van der Waals surface area contributed by atoms with Gasteiger partial charge >= 0.3 is 0 Å². The summed E-state index contributed by atoms with van der Waals surface area (Å²) in [5.74, 6) is 1.14. The maximum atomic E-state index is 11.1. The number of methoxy groups -OCH3 is 1. The number of benzene rings is 1. The van der Waals surface area contributed by atoms with Crippen LogP contribution >= 0.6 is 0 Å². The van der Waals surface area contributed by atoms with Gasteiger partial charge in [-0.2, -0.15) is 0 Å². The standard InChI is InChI=1S/C11H13NO2/c1-14-11-5-3-2-4-10(11)12-7-6-9(13)8-12/h2-5H,6-8H2,1H3. The Hall–Kier alpha value is -1.51. The summed E-state index contributed by atoms with van der Waals surface area (Å²) in [6, 6.07) is 7.79. The topological polar surface area (TPSA) is 29.5 Å². The number of hydrogen-bond acceptors (Lipinski definition) is 3. The largest absolute Gasteiger partial charge is 0.495 e. The Morgan fingerprint density at radius 3 is 2.79 bits per heavy atom. The predicted molar refractivity (Wildman–Crippen MR) is 54.8 cm³/mol. The predicted octanol–water partition coefficient (Wildman–Crippen LogP) is 1.47. The molecule has 14 heavy (non-hydrogen) atoms. The Labute approximate surface area is 83.3 Å². The van der Waals surface area contributed by atoms with Crippen LogP contribution in [-0.2, 0) is 4.79 Å². The van der Waals surface area contributed by atoms with Gasteiger partial charge in [-0.3, -0.25) is 4.79 Å². The van der Waals surface area contributed by atoms with E-state index in [1.807, 2.05) is 24.3 Å². The average molecular weight is 191 g/mol. The van der Waals surface area contributed by atoms with E-state index in [1.165, 1.54) is 0 Å². The molecule has 0 aliphatic carbocycles. The third kappa shape index (κ3) is 1.58. The molecule has 1 fully saturated rings. The zero-order valence-corrected chi connectivity index (χ0v) is 8.19. The van der Waals surface area contributed by atoms with Gasteiger partial charge in [0.15, 0.2) is 5.78 Å². The first kappa shape index (κ1) is 9.06. The van der Waals surface area contributed by atoms with E-state index in [-0.39, 0.29) is 0 Å². The summed E-state index contributed by atoms with van der Waals surface area (Å²) < 4.78 is 5.24. The van der Waals surface area contributed by atoms with Crippen molar-refractivity contribution in [2.24, 2.45) is 0 Å². The monoisotopic (exact) mass is 191 g/mol. The highest BCUT2D eigenvalue weighted by Gasteiger charge is 2.21. The van der Waals surface area contributed by atoms with Gasteiger partial charge in [-0.05, 0) is 12.1 Å². The van der Waals surface area contributed by atoms with Gasteiger partial charge in [0.05, 0.1) is 19.3 Å². The molecule has 0 unspecified atom stereocenters. The molecular formula is C11H13NO2. The van der Waals surface area contributed by atoms with Gasteiger partial charge in [-0.15, -0.1) is 0 Å². The number of nitrogens with zero attached hydrogens (tertiary/aromatic N) is 1. The number of para-hydroxylation sites is 2. The second-order valence-electron chi connectivity index (χ2n) is 3.38. The molecule has 0 saturated carbocycles. The van der Waals surface area contributed by atoms with Gasteiger partial charge < -0.3 is 9.64 Å². The smallest absolute Gasteiger partial charge is 0.153 e. The highest BCUT2D eigenvalue weighted by atomic mass is 16.5. The van der Waals surface area contributed by atoms with Crippen molar-refractivity contribution in [3.05, 3.63) is 24.3 Å². The Bertz CT molecular complexity index is 349. The Kier molecular flexibility index (Phi) is 2.39. The quantitative estimate of drug-likeness (QED) is 0.709. The summed E-state index contributed by atoms with van der Waals surface area (Å²) in [5.41, 5.74) is 1.01. The number of carbonyl (C=O) groups excluding carboxylic acids is 1. The van der Waals surface area contributed by atoms with E-state index >= 15 is 0 Å². The van der Waals surface area contributed by atoms with Crippen LogP contribution in [0.25, 0.3) is 0 Å². The number of Topliss-reactive ketones (excluding diaryl/α,β-unsaturated/α-hetero) is 1. The van der Waals surface area contributed by atoms with E-state index in [0.717, 1.165) is 18.0 Å². The fourth-order valence-corrected chi connectivity index (χ4v) is 1.73. The normalized spacial score (nSPS) is 16.1. The van der Waals surface area contributed by atoms with E-state index in [9.17, 15) is 4.79 Å². The summed E-state index contributed by atoms with van der Waals surface area (Å²) in [4.78, 5) is 13.2. The molecule has 1 heterocycles. The highest BCUT2D eigenvalue weighted by Crippen LogP contribution is 2.29. The molecule has 0 N–H and O–H groups in total. The Morgan fingerprint density at radius 1 is 1.36 bits per heavy atom. The number of ketones is 1. The van der Waals surface area contributed by atoms with Crippen LogP contribution in [0.3, 0.4) is 0 Å².